The van der Waals surface area contributed by atoms with Gasteiger partial charge in [0.05, 0.1) is 6.61 Å². The molecule has 0 saturated carbocycles. The van der Waals surface area contributed by atoms with Crippen LogP contribution >= 0.6 is 0 Å². The van der Waals surface area contributed by atoms with E-state index in [1.165, 1.54) is 12.2 Å². The van der Waals surface area contributed by atoms with Crippen molar-refractivity contribution in [1.29, 1.82) is 0 Å². The molecule has 0 bridgehead atoms. The van der Waals surface area contributed by atoms with E-state index in [1.807, 2.05) is 0 Å². The smallest absolute Gasteiger partial charge is 0.331 e. The van der Waals surface area contributed by atoms with Crippen molar-refractivity contribution in [3.63, 3.8) is 0 Å². The summed E-state index contributed by atoms with van der Waals surface area (Å²) in [5.74, 6) is -1.20. The summed E-state index contributed by atoms with van der Waals surface area (Å²) in [5, 5.41) is 18.8. The zero-order chi connectivity index (χ0) is 18.2. The quantitative estimate of drug-likeness (QED) is 0.288. The number of rotatable bonds is 14. The van der Waals surface area contributed by atoms with Crippen LogP contribution in [0.25, 0.3) is 0 Å². The number of esters is 1. The van der Waals surface area contributed by atoms with E-state index in [9.17, 15) is 14.7 Å². The zero-order valence-corrected chi connectivity index (χ0v) is 14.9. The first kappa shape index (κ1) is 22.5. The lowest BCUT2D eigenvalue weighted by Gasteiger charge is -2.18. The lowest BCUT2D eigenvalue weighted by atomic mass is 10.1. The van der Waals surface area contributed by atoms with E-state index in [2.05, 4.69) is 13.8 Å². The highest BCUT2D eigenvalue weighted by Gasteiger charge is 2.27. The Labute approximate surface area is 145 Å². The number of hydrogen-bond donors (Lipinski definition) is 2. The molecule has 138 valence electrons. The molecule has 2 N–H and O–H groups in total. The Morgan fingerprint density at radius 1 is 0.958 bits per heavy atom. The summed E-state index contributed by atoms with van der Waals surface area (Å²) < 4.78 is 5.01. The molecule has 0 radical (unpaired) electrons. The molecule has 0 aromatic carbocycles. The predicted molar refractivity (Wildman–Crippen MR) is 94.5 cm³/mol. The highest BCUT2D eigenvalue weighted by Crippen LogP contribution is 2.07. The molecule has 0 aliphatic carbocycles. The van der Waals surface area contributed by atoms with E-state index >= 15 is 0 Å². The number of ketones is 1. The normalized spacial score (nSPS) is 14.2. The molecule has 0 aromatic heterocycles. The topological polar surface area (TPSA) is 83.8 Å². The number of ether oxygens (including phenoxy) is 1. The maximum atomic E-state index is 12.1. The molecule has 0 amide bonds. The molecule has 5 heteroatoms. The van der Waals surface area contributed by atoms with Gasteiger partial charge >= 0.3 is 5.97 Å². The van der Waals surface area contributed by atoms with Crippen LogP contribution in [0.5, 0.6) is 0 Å². The van der Waals surface area contributed by atoms with Crippen molar-refractivity contribution in [2.24, 2.45) is 0 Å². The fraction of sp³-hybridized carbons (Fsp3) is 0.684. The Bertz CT molecular complexity index is 401. The standard InChI is InChI=1S/C19H32O5/c1-3-5-7-9-11-13-16(21)19(17(22)15-20)24-18(23)14-12-10-8-6-4-2/h11-14,17,19-20,22H,3-10,15H2,1-2H3. The number of aliphatic hydroxyl groups excluding tert-OH is 2. The van der Waals surface area contributed by atoms with Crippen molar-refractivity contribution in [2.75, 3.05) is 6.61 Å². The first-order chi connectivity index (χ1) is 11.6. The zero-order valence-electron chi connectivity index (χ0n) is 14.9. The molecule has 2 atom stereocenters. The molecular weight excluding hydrogens is 308 g/mol. The van der Waals surface area contributed by atoms with Gasteiger partial charge in [-0.3, -0.25) is 4.79 Å². The molecule has 2 unspecified atom stereocenters. The van der Waals surface area contributed by atoms with Gasteiger partial charge in [0, 0.05) is 6.08 Å². The average molecular weight is 340 g/mol. The lowest BCUT2D eigenvalue weighted by molar-refractivity contribution is -0.157. The van der Waals surface area contributed by atoms with Crippen LogP contribution in [0.15, 0.2) is 24.3 Å². The molecule has 5 nitrogen and oxygen atoms in total. The molecule has 24 heavy (non-hydrogen) atoms. The summed E-state index contributed by atoms with van der Waals surface area (Å²) in [7, 11) is 0. The van der Waals surface area contributed by atoms with Crippen LogP contribution in [0.1, 0.15) is 65.2 Å². The van der Waals surface area contributed by atoms with E-state index in [1.54, 1.807) is 12.2 Å². The summed E-state index contributed by atoms with van der Waals surface area (Å²) >= 11 is 0. The van der Waals surface area contributed by atoms with Crippen LogP contribution in [-0.4, -0.2) is 40.8 Å². The predicted octanol–water partition coefficient (Wildman–Crippen LogP) is 3.09. The second kappa shape index (κ2) is 15.1. The Morgan fingerprint density at radius 3 is 2.00 bits per heavy atom. The van der Waals surface area contributed by atoms with Crippen LogP contribution < -0.4 is 0 Å². The molecule has 0 saturated heterocycles. The van der Waals surface area contributed by atoms with Crippen LogP contribution in [0.2, 0.25) is 0 Å². The summed E-state index contributed by atoms with van der Waals surface area (Å²) in [4.78, 5) is 23.8. The lowest BCUT2D eigenvalue weighted by Crippen LogP contribution is -2.39. The van der Waals surface area contributed by atoms with Crippen molar-refractivity contribution in [2.45, 2.75) is 77.4 Å². The highest BCUT2D eigenvalue weighted by atomic mass is 16.6. The maximum absolute atomic E-state index is 12.1. The van der Waals surface area contributed by atoms with Crippen molar-refractivity contribution in [1.82, 2.24) is 0 Å². The van der Waals surface area contributed by atoms with Crippen molar-refractivity contribution in [3.8, 4) is 0 Å². The fourth-order valence-electron chi connectivity index (χ4n) is 2.08. The molecule has 0 fully saturated rings. The summed E-state index contributed by atoms with van der Waals surface area (Å²) in [5.41, 5.74) is 0. The first-order valence-electron chi connectivity index (χ1n) is 8.93. The van der Waals surface area contributed by atoms with Gasteiger partial charge in [-0.15, -0.1) is 0 Å². The average Bonchev–Trinajstić information content (AvgIpc) is 2.58. The van der Waals surface area contributed by atoms with Gasteiger partial charge in [0.1, 0.15) is 6.10 Å². The van der Waals surface area contributed by atoms with Crippen LogP contribution in [0.3, 0.4) is 0 Å². The largest absolute Gasteiger partial charge is 0.448 e. The van der Waals surface area contributed by atoms with Gasteiger partial charge < -0.3 is 14.9 Å². The minimum atomic E-state index is -1.42. The maximum Gasteiger partial charge on any atom is 0.331 e. The van der Waals surface area contributed by atoms with Gasteiger partial charge in [-0.2, -0.15) is 0 Å². The number of unbranched alkanes of at least 4 members (excludes halogenated alkanes) is 6. The molecule has 0 aromatic rings. The van der Waals surface area contributed by atoms with Gasteiger partial charge in [-0.1, -0.05) is 51.7 Å². The molecule has 0 aliphatic heterocycles. The molecule has 0 spiro atoms. The van der Waals surface area contributed by atoms with E-state index in [4.69, 9.17) is 9.84 Å². The van der Waals surface area contributed by atoms with Crippen LogP contribution in [0, 0.1) is 0 Å². The molecule has 0 heterocycles. The highest BCUT2D eigenvalue weighted by molar-refractivity contribution is 5.96. The monoisotopic (exact) mass is 340 g/mol. The summed E-state index contributed by atoms with van der Waals surface area (Å²) in [6.07, 6.45) is 11.1. The Kier molecular flexibility index (Phi) is 14.2. The first-order valence-corrected chi connectivity index (χ1v) is 8.93. The van der Waals surface area contributed by atoms with E-state index < -0.39 is 30.6 Å². The van der Waals surface area contributed by atoms with Crippen molar-refractivity contribution < 1.29 is 24.5 Å². The van der Waals surface area contributed by atoms with Gasteiger partial charge in [0.15, 0.2) is 11.9 Å². The second-order valence-electron chi connectivity index (χ2n) is 5.81. The van der Waals surface area contributed by atoms with Crippen molar-refractivity contribution in [3.05, 3.63) is 24.3 Å². The second-order valence-corrected chi connectivity index (χ2v) is 5.81. The van der Waals surface area contributed by atoms with Gasteiger partial charge in [0.25, 0.3) is 0 Å². The van der Waals surface area contributed by atoms with E-state index in [0.29, 0.717) is 0 Å². The third-order valence-corrected chi connectivity index (χ3v) is 3.54. The minimum Gasteiger partial charge on any atom is -0.448 e. The van der Waals surface area contributed by atoms with Crippen molar-refractivity contribution >= 4 is 11.8 Å². The van der Waals surface area contributed by atoms with Crippen LogP contribution in [-0.2, 0) is 14.3 Å². The third-order valence-electron chi connectivity index (χ3n) is 3.54. The summed E-state index contributed by atoms with van der Waals surface area (Å²) in [6, 6.07) is 0. The molecular formula is C19H32O5. The number of hydrogen-bond acceptors (Lipinski definition) is 5. The Hall–Kier alpha value is -1.46. The Balaban J connectivity index is 4.49. The SMILES string of the molecule is CCCCCC=CC(=O)OC(C(=O)C=CCCCCC)C(O)CO. The van der Waals surface area contributed by atoms with Crippen LogP contribution in [0.4, 0.5) is 0 Å². The van der Waals surface area contributed by atoms with Gasteiger partial charge in [0.2, 0.25) is 0 Å². The number of allylic oxidation sites excluding steroid dienone is 2. The number of carbonyl (C=O) groups is 2. The van der Waals surface area contributed by atoms with Gasteiger partial charge in [-0.25, -0.2) is 4.79 Å². The minimum absolute atomic E-state index is 0.513. The molecule has 0 aliphatic rings. The third kappa shape index (κ3) is 11.1. The number of carbonyl (C=O) groups excluding carboxylic acids is 2. The Morgan fingerprint density at radius 2 is 1.50 bits per heavy atom. The van der Waals surface area contributed by atoms with E-state index in [-0.39, 0.29) is 0 Å². The van der Waals surface area contributed by atoms with Gasteiger partial charge in [-0.05, 0) is 31.8 Å². The summed E-state index contributed by atoms with van der Waals surface area (Å²) in [6.45, 7) is 3.55. The fourth-order valence-corrected chi connectivity index (χ4v) is 2.08. The number of aliphatic hydroxyl groups is 2. The van der Waals surface area contributed by atoms with E-state index in [0.717, 1.165) is 51.4 Å². The molecule has 0 rings (SSSR count).